The monoisotopic (exact) mass is 259 g/mol. The molecule has 0 aliphatic rings. The average Bonchev–Trinajstić information content (AvgIpc) is 2.47. The van der Waals surface area contributed by atoms with E-state index in [0.717, 1.165) is 5.56 Å². The fourth-order valence-corrected chi connectivity index (χ4v) is 1.70. The molecule has 0 aliphatic heterocycles. The second-order valence-corrected chi connectivity index (χ2v) is 3.84. The van der Waals surface area contributed by atoms with E-state index in [1.165, 1.54) is 0 Å². The lowest BCUT2D eigenvalue weighted by Crippen LogP contribution is -2.07. The third kappa shape index (κ3) is 3.42. The van der Waals surface area contributed by atoms with Gasteiger partial charge in [0.15, 0.2) is 17.3 Å². The molecule has 5 heteroatoms. The second kappa shape index (κ2) is 6.70. The Morgan fingerprint density at radius 1 is 1.11 bits per heavy atom. The van der Waals surface area contributed by atoms with E-state index in [2.05, 4.69) is 9.97 Å². The highest BCUT2D eigenvalue weighted by Gasteiger charge is 2.10. The molecule has 0 bridgehead atoms. The quantitative estimate of drug-likeness (QED) is 0.858. The molecule has 1 aromatic heterocycles. The fourth-order valence-electron chi connectivity index (χ4n) is 1.70. The van der Waals surface area contributed by atoms with Crippen LogP contribution >= 0.6 is 0 Å². The van der Waals surface area contributed by atoms with Crippen LogP contribution in [0.5, 0.6) is 11.5 Å². The molecule has 0 saturated heterocycles. The van der Waals surface area contributed by atoms with E-state index < -0.39 is 0 Å². The van der Waals surface area contributed by atoms with Gasteiger partial charge in [-0.3, -0.25) is 0 Å². The summed E-state index contributed by atoms with van der Waals surface area (Å²) in [6, 6.07) is 7.45. The first-order chi connectivity index (χ1) is 9.35. The van der Waals surface area contributed by atoms with Crippen LogP contribution < -0.4 is 15.2 Å². The van der Waals surface area contributed by atoms with Crippen LogP contribution in [-0.4, -0.2) is 16.6 Å². The van der Waals surface area contributed by atoms with Crippen molar-refractivity contribution in [2.45, 2.75) is 20.1 Å². The lowest BCUT2D eigenvalue weighted by Gasteiger charge is -2.14. The summed E-state index contributed by atoms with van der Waals surface area (Å²) in [6.45, 7) is 3.19. The maximum Gasteiger partial charge on any atom is 0.166 e. The number of hydrogen-bond acceptors (Lipinski definition) is 5. The molecule has 100 valence electrons. The van der Waals surface area contributed by atoms with E-state index >= 15 is 0 Å². The largest absolute Gasteiger partial charge is 0.490 e. The highest BCUT2D eigenvalue weighted by Crippen LogP contribution is 2.31. The minimum atomic E-state index is 0.290. The molecule has 0 saturated carbocycles. The van der Waals surface area contributed by atoms with Crippen molar-refractivity contribution in [3.05, 3.63) is 48.0 Å². The van der Waals surface area contributed by atoms with Crippen LogP contribution in [0.1, 0.15) is 18.3 Å². The van der Waals surface area contributed by atoms with Gasteiger partial charge in [0.05, 0.1) is 6.61 Å². The van der Waals surface area contributed by atoms with E-state index in [4.69, 9.17) is 15.2 Å². The summed E-state index contributed by atoms with van der Waals surface area (Å²) >= 11 is 0. The minimum absolute atomic E-state index is 0.290. The molecule has 0 unspecified atom stereocenters. The highest BCUT2D eigenvalue weighted by atomic mass is 16.5. The Balaban J connectivity index is 2.17. The Labute approximate surface area is 112 Å². The fraction of sp³-hybridized carbons (Fsp3) is 0.286. The topological polar surface area (TPSA) is 70.3 Å². The molecule has 19 heavy (non-hydrogen) atoms. The maximum atomic E-state index is 5.77. The summed E-state index contributed by atoms with van der Waals surface area (Å²) in [5.74, 6) is 1.98. The molecule has 0 radical (unpaired) electrons. The first kappa shape index (κ1) is 13.3. The van der Waals surface area contributed by atoms with E-state index in [1.807, 2.05) is 25.1 Å². The van der Waals surface area contributed by atoms with Crippen molar-refractivity contribution >= 4 is 0 Å². The average molecular weight is 259 g/mol. The Bertz CT molecular complexity index is 517. The molecule has 0 amide bonds. The van der Waals surface area contributed by atoms with E-state index in [9.17, 15) is 0 Å². The second-order valence-electron chi connectivity index (χ2n) is 3.84. The van der Waals surface area contributed by atoms with Crippen molar-refractivity contribution < 1.29 is 9.47 Å². The van der Waals surface area contributed by atoms with Gasteiger partial charge < -0.3 is 15.2 Å². The molecule has 2 rings (SSSR count). The molecule has 5 nitrogen and oxygen atoms in total. The zero-order chi connectivity index (χ0) is 13.5. The highest BCUT2D eigenvalue weighted by molar-refractivity contribution is 5.46. The van der Waals surface area contributed by atoms with Crippen LogP contribution in [0.15, 0.2) is 36.7 Å². The van der Waals surface area contributed by atoms with Crippen molar-refractivity contribution in [1.82, 2.24) is 9.97 Å². The van der Waals surface area contributed by atoms with Gasteiger partial charge in [-0.25, -0.2) is 9.97 Å². The van der Waals surface area contributed by atoms with Crippen molar-refractivity contribution in [3.8, 4) is 11.5 Å². The molecule has 0 spiro atoms. The SMILES string of the molecule is CCOc1cccc(CN)c1OCc1ncccn1. The van der Waals surface area contributed by atoms with Gasteiger partial charge in [-0.05, 0) is 19.1 Å². The molecule has 0 atom stereocenters. The third-order valence-electron chi connectivity index (χ3n) is 2.55. The first-order valence-electron chi connectivity index (χ1n) is 6.18. The Morgan fingerprint density at radius 2 is 1.89 bits per heavy atom. The summed E-state index contributed by atoms with van der Waals surface area (Å²) in [4.78, 5) is 8.23. The summed E-state index contributed by atoms with van der Waals surface area (Å²) in [5, 5.41) is 0. The number of aromatic nitrogens is 2. The Morgan fingerprint density at radius 3 is 2.58 bits per heavy atom. The van der Waals surface area contributed by atoms with Crippen LogP contribution in [0, 0.1) is 0 Å². The third-order valence-corrected chi connectivity index (χ3v) is 2.55. The van der Waals surface area contributed by atoms with Crippen LogP contribution in [0.2, 0.25) is 0 Å². The number of rotatable bonds is 6. The Hall–Kier alpha value is -2.14. The number of ether oxygens (including phenoxy) is 2. The summed E-state index contributed by atoms with van der Waals surface area (Å²) < 4.78 is 11.3. The summed E-state index contributed by atoms with van der Waals surface area (Å²) in [5.41, 5.74) is 6.62. The number of nitrogens with zero attached hydrogens (tertiary/aromatic N) is 2. The molecular formula is C14H17N3O2. The van der Waals surface area contributed by atoms with Gasteiger partial charge in [-0.1, -0.05) is 12.1 Å². The van der Waals surface area contributed by atoms with Crippen LogP contribution in [0.3, 0.4) is 0 Å². The van der Waals surface area contributed by atoms with Gasteiger partial charge in [-0.2, -0.15) is 0 Å². The number of benzene rings is 1. The number of para-hydroxylation sites is 1. The van der Waals surface area contributed by atoms with Gasteiger partial charge in [0.2, 0.25) is 0 Å². The maximum absolute atomic E-state index is 5.77. The summed E-state index contributed by atoms with van der Waals surface area (Å²) in [6.07, 6.45) is 3.37. The first-order valence-corrected chi connectivity index (χ1v) is 6.18. The Kier molecular flexibility index (Phi) is 4.69. The number of hydrogen-bond donors (Lipinski definition) is 1. The van der Waals surface area contributed by atoms with E-state index in [1.54, 1.807) is 18.5 Å². The molecule has 0 fully saturated rings. The smallest absolute Gasteiger partial charge is 0.166 e. The van der Waals surface area contributed by atoms with Crippen molar-refractivity contribution in [3.63, 3.8) is 0 Å². The molecule has 1 heterocycles. The molecular weight excluding hydrogens is 242 g/mol. The van der Waals surface area contributed by atoms with Crippen molar-refractivity contribution in [2.75, 3.05) is 6.61 Å². The molecule has 2 aromatic rings. The normalized spacial score (nSPS) is 10.2. The van der Waals surface area contributed by atoms with Gasteiger partial charge in [-0.15, -0.1) is 0 Å². The van der Waals surface area contributed by atoms with Gasteiger partial charge in [0.25, 0.3) is 0 Å². The minimum Gasteiger partial charge on any atom is -0.490 e. The predicted octanol–water partition coefficient (Wildman–Crippen LogP) is 1.91. The zero-order valence-electron chi connectivity index (χ0n) is 10.9. The standard InChI is InChI=1S/C14H17N3O2/c1-2-18-12-6-3-5-11(9-15)14(12)19-10-13-16-7-4-8-17-13/h3-8H,2,9-10,15H2,1H3. The molecule has 1 aromatic carbocycles. The number of nitrogens with two attached hydrogens (primary N) is 1. The van der Waals surface area contributed by atoms with Crippen LogP contribution in [-0.2, 0) is 13.2 Å². The lowest BCUT2D eigenvalue weighted by molar-refractivity contribution is 0.260. The van der Waals surface area contributed by atoms with Gasteiger partial charge >= 0.3 is 0 Å². The predicted molar refractivity (Wildman–Crippen MR) is 71.9 cm³/mol. The lowest BCUT2D eigenvalue weighted by atomic mass is 10.2. The van der Waals surface area contributed by atoms with Crippen molar-refractivity contribution in [2.24, 2.45) is 5.73 Å². The molecule has 0 aliphatic carbocycles. The zero-order valence-corrected chi connectivity index (χ0v) is 10.9. The molecule has 2 N–H and O–H groups in total. The van der Waals surface area contributed by atoms with Crippen LogP contribution in [0.25, 0.3) is 0 Å². The van der Waals surface area contributed by atoms with Crippen LogP contribution in [0.4, 0.5) is 0 Å². The van der Waals surface area contributed by atoms with Gasteiger partial charge in [0, 0.05) is 24.5 Å². The van der Waals surface area contributed by atoms with E-state index in [0.29, 0.717) is 30.5 Å². The van der Waals surface area contributed by atoms with E-state index in [-0.39, 0.29) is 6.61 Å². The summed E-state index contributed by atoms with van der Waals surface area (Å²) in [7, 11) is 0. The van der Waals surface area contributed by atoms with Gasteiger partial charge in [0.1, 0.15) is 6.61 Å². The van der Waals surface area contributed by atoms with Crippen molar-refractivity contribution in [1.29, 1.82) is 0 Å².